The van der Waals surface area contributed by atoms with Crippen molar-refractivity contribution in [3.05, 3.63) is 50.4 Å². The van der Waals surface area contributed by atoms with Crippen molar-refractivity contribution in [2.45, 2.75) is 50.3 Å². The van der Waals surface area contributed by atoms with Crippen molar-refractivity contribution >= 4 is 29.1 Å². The average molecular weight is 546 g/mol. The summed E-state index contributed by atoms with van der Waals surface area (Å²) in [6.07, 6.45) is 3.53. The molecule has 5 rings (SSSR count). The van der Waals surface area contributed by atoms with E-state index in [1.54, 1.807) is 14.1 Å². The second-order valence-electron chi connectivity index (χ2n) is 11.0. The van der Waals surface area contributed by atoms with Crippen LogP contribution in [0.4, 0.5) is 0 Å². The first-order chi connectivity index (χ1) is 17.9. The average Bonchev–Trinajstić information content (AvgIpc) is 2.84. The standard InChI is InChI=1S/C27H32ClN3O7/c1-30(2)21-15-9-12-8-14-18(16(32)10-13(20(14)28)11-31-6-4-3-5-7-31)22(33)17(12)24(35)27(15,38)25(36)19(23(21)34)26(29)37/h10,12,15,21,32,34-35,38H,3-9,11H2,1-2H3,(H2,29,37)/t12-,15-,21-,27-/m0/s1. The zero-order valence-electron chi connectivity index (χ0n) is 21.3. The minimum absolute atomic E-state index is 0.0270. The number of rotatable bonds is 4. The summed E-state index contributed by atoms with van der Waals surface area (Å²) in [5, 5.41) is 45.1. The number of halogens is 1. The minimum Gasteiger partial charge on any atom is -0.510 e. The second-order valence-corrected chi connectivity index (χ2v) is 11.4. The summed E-state index contributed by atoms with van der Waals surface area (Å²) in [5.74, 6) is -6.74. The van der Waals surface area contributed by atoms with Crippen LogP contribution in [-0.4, -0.2) is 86.5 Å². The Labute approximate surface area is 225 Å². The molecule has 0 aromatic heterocycles. The summed E-state index contributed by atoms with van der Waals surface area (Å²) in [4.78, 5) is 42.9. The molecule has 1 fully saturated rings. The number of nitrogens with two attached hydrogens (primary N) is 1. The molecule has 3 aliphatic carbocycles. The third kappa shape index (κ3) is 3.77. The van der Waals surface area contributed by atoms with Gasteiger partial charge in [-0.2, -0.15) is 0 Å². The van der Waals surface area contributed by atoms with Crippen LogP contribution in [0, 0.1) is 11.8 Å². The lowest BCUT2D eigenvalue weighted by atomic mass is 9.58. The number of Topliss-reactive ketones (excluding diaryl/α,β-unsaturated/α-hetero) is 2. The Bertz CT molecular complexity index is 1310. The second kappa shape index (κ2) is 9.37. The van der Waals surface area contributed by atoms with Crippen LogP contribution in [0.3, 0.4) is 0 Å². The fraction of sp³-hybridized carbons (Fsp3) is 0.519. The Balaban J connectivity index is 1.62. The van der Waals surface area contributed by atoms with Crippen molar-refractivity contribution in [2.24, 2.45) is 17.6 Å². The van der Waals surface area contributed by atoms with E-state index in [2.05, 4.69) is 4.90 Å². The van der Waals surface area contributed by atoms with Crippen LogP contribution >= 0.6 is 11.6 Å². The molecule has 1 amide bonds. The molecule has 204 valence electrons. The normalized spacial score (nSPS) is 29.9. The van der Waals surface area contributed by atoms with Gasteiger partial charge in [-0.25, -0.2) is 0 Å². The van der Waals surface area contributed by atoms with Crippen LogP contribution < -0.4 is 5.73 Å². The molecule has 4 aliphatic rings. The Morgan fingerprint density at radius 2 is 1.84 bits per heavy atom. The molecule has 0 saturated carbocycles. The van der Waals surface area contributed by atoms with Crippen LogP contribution in [0.1, 0.15) is 47.2 Å². The minimum atomic E-state index is -2.65. The zero-order valence-corrected chi connectivity index (χ0v) is 22.1. The summed E-state index contributed by atoms with van der Waals surface area (Å²) in [6, 6.07) is 0.431. The summed E-state index contributed by atoms with van der Waals surface area (Å²) in [7, 11) is 3.18. The number of amides is 1. The predicted molar refractivity (Wildman–Crippen MR) is 138 cm³/mol. The molecular weight excluding hydrogens is 514 g/mol. The molecule has 4 atom stereocenters. The zero-order chi connectivity index (χ0) is 27.7. The van der Waals surface area contributed by atoms with Crippen molar-refractivity contribution in [2.75, 3.05) is 27.2 Å². The lowest BCUT2D eigenvalue weighted by Gasteiger charge is -2.50. The van der Waals surface area contributed by atoms with E-state index in [9.17, 15) is 34.8 Å². The number of carbonyl (C=O) groups excluding carboxylic acids is 3. The summed E-state index contributed by atoms with van der Waals surface area (Å²) < 4.78 is 0. The molecular formula is C27H32ClN3O7. The third-order valence-electron chi connectivity index (χ3n) is 8.57. The number of likely N-dealkylation sites (N-methyl/N-ethyl adjacent to an activating group) is 1. The fourth-order valence-electron chi connectivity index (χ4n) is 6.83. The van der Waals surface area contributed by atoms with Gasteiger partial charge in [0, 0.05) is 23.1 Å². The van der Waals surface area contributed by atoms with E-state index in [0.29, 0.717) is 22.7 Å². The van der Waals surface area contributed by atoms with E-state index in [4.69, 9.17) is 17.3 Å². The van der Waals surface area contributed by atoms with Crippen molar-refractivity contribution in [1.29, 1.82) is 0 Å². The molecule has 6 N–H and O–H groups in total. The number of aliphatic hydroxyl groups excluding tert-OH is 2. The Kier molecular flexibility index (Phi) is 6.58. The number of ketones is 2. The maximum absolute atomic E-state index is 13.7. The molecule has 0 spiro atoms. The van der Waals surface area contributed by atoms with Crippen LogP contribution in [0.25, 0.3) is 0 Å². The molecule has 10 nitrogen and oxygen atoms in total. The number of benzene rings is 1. The first-order valence-corrected chi connectivity index (χ1v) is 13.2. The van der Waals surface area contributed by atoms with E-state index in [1.165, 1.54) is 17.4 Å². The highest BCUT2D eigenvalue weighted by Crippen LogP contribution is 2.53. The maximum atomic E-state index is 13.7. The number of nitrogens with zero attached hydrogens (tertiary/aromatic N) is 2. The topological polar surface area (TPSA) is 165 Å². The number of likely N-dealkylation sites (tertiary alicyclic amines) is 1. The molecule has 1 heterocycles. The quantitative estimate of drug-likeness (QED) is 0.354. The number of primary amides is 1. The molecule has 1 aromatic carbocycles. The van der Waals surface area contributed by atoms with Crippen LogP contribution in [0.5, 0.6) is 5.75 Å². The number of carbonyl (C=O) groups is 3. The number of phenolic OH excluding ortho intramolecular Hbond substituents is 1. The van der Waals surface area contributed by atoms with Crippen molar-refractivity contribution in [3.63, 3.8) is 0 Å². The van der Waals surface area contributed by atoms with Gasteiger partial charge in [0.05, 0.1) is 11.6 Å². The Morgan fingerprint density at radius 1 is 1.18 bits per heavy atom. The van der Waals surface area contributed by atoms with Crippen LogP contribution in [0.2, 0.25) is 5.02 Å². The van der Waals surface area contributed by atoms with Crippen molar-refractivity contribution in [3.8, 4) is 5.75 Å². The van der Waals surface area contributed by atoms with Gasteiger partial charge in [-0.05, 0) is 76.0 Å². The first-order valence-electron chi connectivity index (χ1n) is 12.8. The number of fused-ring (bicyclic) bond motifs is 3. The van der Waals surface area contributed by atoms with Crippen molar-refractivity contribution < 1.29 is 34.8 Å². The molecule has 11 heteroatoms. The van der Waals surface area contributed by atoms with Gasteiger partial charge in [-0.3, -0.25) is 24.2 Å². The van der Waals surface area contributed by atoms with E-state index in [0.717, 1.165) is 25.9 Å². The van der Waals surface area contributed by atoms with Gasteiger partial charge in [0.15, 0.2) is 11.4 Å². The smallest absolute Gasteiger partial charge is 0.255 e. The van der Waals surface area contributed by atoms with Gasteiger partial charge in [0.25, 0.3) is 5.91 Å². The fourth-order valence-corrected chi connectivity index (χ4v) is 7.11. The van der Waals surface area contributed by atoms with Gasteiger partial charge in [0.2, 0.25) is 5.78 Å². The number of piperidine rings is 1. The van der Waals surface area contributed by atoms with Gasteiger partial charge in [0.1, 0.15) is 22.8 Å². The highest BCUT2D eigenvalue weighted by Gasteiger charge is 2.63. The highest BCUT2D eigenvalue weighted by atomic mass is 35.5. The molecule has 0 radical (unpaired) electrons. The van der Waals surface area contributed by atoms with E-state index in [-0.39, 0.29) is 29.7 Å². The maximum Gasteiger partial charge on any atom is 0.255 e. The lowest BCUT2D eigenvalue weighted by Crippen LogP contribution is -2.63. The Hall–Kier alpha value is -2.92. The highest BCUT2D eigenvalue weighted by molar-refractivity contribution is 6.33. The summed E-state index contributed by atoms with van der Waals surface area (Å²) >= 11 is 6.82. The molecule has 1 aromatic rings. The lowest BCUT2D eigenvalue weighted by molar-refractivity contribution is -0.148. The van der Waals surface area contributed by atoms with Crippen LogP contribution in [0.15, 0.2) is 28.7 Å². The summed E-state index contributed by atoms with van der Waals surface area (Å²) in [6.45, 7) is 2.36. The molecule has 0 unspecified atom stereocenters. The van der Waals surface area contributed by atoms with Gasteiger partial charge in [-0.1, -0.05) is 18.0 Å². The third-order valence-corrected chi connectivity index (χ3v) is 9.04. The van der Waals surface area contributed by atoms with Crippen LogP contribution in [-0.2, 0) is 22.6 Å². The van der Waals surface area contributed by atoms with Crippen molar-refractivity contribution in [1.82, 2.24) is 9.80 Å². The van der Waals surface area contributed by atoms with E-state index >= 15 is 0 Å². The monoisotopic (exact) mass is 545 g/mol. The number of allylic oxidation sites excluding steroid dienone is 1. The number of phenols is 1. The molecule has 38 heavy (non-hydrogen) atoms. The Morgan fingerprint density at radius 3 is 2.45 bits per heavy atom. The molecule has 0 bridgehead atoms. The number of aromatic hydroxyl groups is 1. The number of aliphatic hydroxyl groups is 3. The van der Waals surface area contributed by atoms with E-state index < -0.39 is 58.0 Å². The number of hydrogen-bond acceptors (Lipinski definition) is 9. The molecule has 1 saturated heterocycles. The van der Waals surface area contributed by atoms with Gasteiger partial charge in [-0.15, -0.1) is 0 Å². The van der Waals surface area contributed by atoms with Gasteiger partial charge < -0.3 is 26.2 Å². The SMILES string of the molecule is CN(C)[C@@H]1C(O)=C(C(N)=O)C(=O)[C@@]2(O)C(O)=C3C(=O)c4c(O)cc(CN5CCCCC5)c(Cl)c4C[C@H]3C[C@@H]12. The van der Waals surface area contributed by atoms with Gasteiger partial charge >= 0.3 is 0 Å². The largest absolute Gasteiger partial charge is 0.510 e. The van der Waals surface area contributed by atoms with E-state index in [1.807, 2.05) is 0 Å². The number of hydrogen-bond donors (Lipinski definition) is 5. The molecule has 1 aliphatic heterocycles. The summed E-state index contributed by atoms with van der Waals surface area (Å²) in [5.41, 5.74) is 2.76. The first kappa shape index (κ1) is 26.7. The predicted octanol–water partition coefficient (Wildman–Crippen LogP) is 1.76.